The number of hydrogen-bond donors (Lipinski definition) is 1. The molecule has 30 heavy (non-hydrogen) atoms. The van der Waals surface area contributed by atoms with Crippen LogP contribution in [0.25, 0.3) is 17.3 Å². The van der Waals surface area contributed by atoms with Crippen LogP contribution in [0.3, 0.4) is 0 Å². The van der Waals surface area contributed by atoms with Crippen LogP contribution in [-0.2, 0) is 17.6 Å². The Balaban J connectivity index is 1.94. The lowest BCUT2D eigenvalue weighted by molar-refractivity contribution is -0.115. The van der Waals surface area contributed by atoms with Crippen molar-refractivity contribution in [1.29, 1.82) is 0 Å². The number of aromatic nitrogens is 2. The normalized spacial score (nSPS) is 13.2. The summed E-state index contributed by atoms with van der Waals surface area (Å²) in [5.41, 5.74) is 6.85. The lowest BCUT2D eigenvalue weighted by atomic mass is 9.92. The third kappa shape index (κ3) is 5.42. The SMILES string of the molecule is C=C/C(=C\C=C(/C)Br)CC(=O)Nc1nc2c(nc1C=C(C)C)-c1ccccc1CC2. The van der Waals surface area contributed by atoms with E-state index in [0.717, 1.165) is 45.4 Å². The van der Waals surface area contributed by atoms with Gasteiger partial charge < -0.3 is 5.32 Å². The molecule has 1 aliphatic carbocycles. The number of nitrogens with zero attached hydrogens (tertiary/aromatic N) is 2. The summed E-state index contributed by atoms with van der Waals surface area (Å²) in [6, 6.07) is 8.31. The van der Waals surface area contributed by atoms with Gasteiger partial charge in [0.1, 0.15) is 5.69 Å². The highest BCUT2D eigenvalue weighted by Gasteiger charge is 2.21. The lowest BCUT2D eigenvalue weighted by Crippen LogP contribution is -2.17. The molecule has 154 valence electrons. The number of rotatable bonds is 6. The maximum absolute atomic E-state index is 12.7. The molecule has 0 saturated heterocycles. The number of anilines is 1. The molecule has 0 aliphatic heterocycles. The third-order valence-electron chi connectivity index (χ3n) is 4.74. The van der Waals surface area contributed by atoms with Gasteiger partial charge in [-0.05, 0) is 55.3 Å². The van der Waals surface area contributed by atoms with Crippen molar-refractivity contribution in [2.45, 2.75) is 40.0 Å². The molecule has 0 radical (unpaired) electrons. The maximum atomic E-state index is 12.7. The fraction of sp³-hybridized carbons (Fsp3) is 0.240. The molecule has 0 saturated carbocycles. The van der Waals surface area contributed by atoms with Crippen LogP contribution in [0.4, 0.5) is 5.82 Å². The molecule has 0 unspecified atom stereocenters. The molecule has 2 aromatic rings. The first-order chi connectivity index (χ1) is 14.4. The van der Waals surface area contributed by atoms with Gasteiger partial charge in [0.05, 0.1) is 17.8 Å². The van der Waals surface area contributed by atoms with E-state index in [4.69, 9.17) is 9.97 Å². The summed E-state index contributed by atoms with van der Waals surface area (Å²) in [6.45, 7) is 9.76. The van der Waals surface area contributed by atoms with Crippen molar-refractivity contribution in [3.63, 3.8) is 0 Å². The Kier molecular flexibility index (Phi) is 7.16. The molecule has 4 nitrogen and oxygen atoms in total. The predicted molar refractivity (Wildman–Crippen MR) is 128 cm³/mol. The highest BCUT2D eigenvalue weighted by Crippen LogP contribution is 2.33. The van der Waals surface area contributed by atoms with E-state index in [1.807, 2.05) is 45.1 Å². The van der Waals surface area contributed by atoms with E-state index in [1.54, 1.807) is 6.08 Å². The summed E-state index contributed by atoms with van der Waals surface area (Å²) in [4.78, 5) is 22.4. The Labute approximate surface area is 186 Å². The van der Waals surface area contributed by atoms with Crippen LogP contribution >= 0.6 is 15.9 Å². The standard InChI is InChI=1S/C25H26BrN3O/c1-5-18(11-10-17(4)26)15-23(30)29-25-22(14-16(2)3)27-24-20-9-7-6-8-19(20)12-13-21(24)28-25/h5-11,14H,1,12-13,15H2,2-4H3,(H,28,29,30)/b17-10+,18-11+. The molecule has 3 rings (SSSR count). The van der Waals surface area contributed by atoms with Crippen LogP contribution in [0, 0.1) is 0 Å². The molecule has 0 atom stereocenters. The smallest absolute Gasteiger partial charge is 0.230 e. The minimum atomic E-state index is -0.143. The van der Waals surface area contributed by atoms with Gasteiger partial charge in [0.15, 0.2) is 5.82 Å². The zero-order chi connectivity index (χ0) is 21.7. The maximum Gasteiger partial charge on any atom is 0.230 e. The molecule has 5 heteroatoms. The molecule has 0 bridgehead atoms. The topological polar surface area (TPSA) is 54.9 Å². The van der Waals surface area contributed by atoms with Crippen LogP contribution in [0.15, 0.2) is 64.7 Å². The Morgan fingerprint density at radius 2 is 1.93 bits per heavy atom. The number of benzene rings is 1. The largest absolute Gasteiger partial charge is 0.309 e. The van der Waals surface area contributed by atoms with Gasteiger partial charge in [0.2, 0.25) is 5.91 Å². The first kappa shape index (κ1) is 21.9. The Morgan fingerprint density at radius 1 is 1.17 bits per heavy atom. The van der Waals surface area contributed by atoms with Crippen molar-refractivity contribution in [3.05, 3.63) is 81.7 Å². The zero-order valence-electron chi connectivity index (χ0n) is 17.6. The summed E-state index contributed by atoms with van der Waals surface area (Å²) in [7, 11) is 0. The zero-order valence-corrected chi connectivity index (χ0v) is 19.2. The van der Waals surface area contributed by atoms with Gasteiger partial charge in [-0.3, -0.25) is 4.79 Å². The van der Waals surface area contributed by atoms with Crippen LogP contribution in [0.2, 0.25) is 0 Å². The number of allylic oxidation sites excluding steroid dienone is 5. The Morgan fingerprint density at radius 3 is 2.63 bits per heavy atom. The number of carbonyl (C=O) groups is 1. The van der Waals surface area contributed by atoms with Gasteiger partial charge in [0, 0.05) is 5.56 Å². The van der Waals surface area contributed by atoms with Crippen molar-refractivity contribution in [3.8, 4) is 11.3 Å². The number of aryl methyl sites for hydroxylation is 2. The number of halogens is 1. The van der Waals surface area contributed by atoms with Crippen molar-refractivity contribution < 1.29 is 4.79 Å². The van der Waals surface area contributed by atoms with Gasteiger partial charge in [-0.25, -0.2) is 9.97 Å². The fourth-order valence-electron chi connectivity index (χ4n) is 3.34. The Bertz CT molecular complexity index is 1070. The predicted octanol–water partition coefficient (Wildman–Crippen LogP) is 6.41. The lowest BCUT2D eigenvalue weighted by Gasteiger charge is -2.20. The molecule has 1 heterocycles. The van der Waals surface area contributed by atoms with Crippen LogP contribution < -0.4 is 5.32 Å². The first-order valence-corrected chi connectivity index (χ1v) is 10.8. The molecule has 1 amide bonds. The highest BCUT2D eigenvalue weighted by molar-refractivity contribution is 9.11. The van der Waals surface area contributed by atoms with Gasteiger partial charge >= 0.3 is 0 Å². The number of amides is 1. The third-order valence-corrected chi connectivity index (χ3v) is 5.00. The molecule has 1 N–H and O–H groups in total. The van der Waals surface area contributed by atoms with Crippen molar-refractivity contribution in [2.24, 2.45) is 0 Å². The molecular formula is C25H26BrN3O. The molecule has 0 spiro atoms. The van der Waals surface area contributed by atoms with E-state index in [9.17, 15) is 4.79 Å². The molecule has 0 fully saturated rings. The van der Waals surface area contributed by atoms with Crippen LogP contribution in [0.1, 0.15) is 44.1 Å². The average molecular weight is 464 g/mol. The average Bonchev–Trinajstić information content (AvgIpc) is 2.71. The van der Waals surface area contributed by atoms with E-state index < -0.39 is 0 Å². The van der Waals surface area contributed by atoms with Crippen molar-refractivity contribution in [1.82, 2.24) is 9.97 Å². The van der Waals surface area contributed by atoms with Gasteiger partial charge in [0.25, 0.3) is 0 Å². The van der Waals surface area contributed by atoms with Crippen molar-refractivity contribution in [2.75, 3.05) is 5.32 Å². The fourth-order valence-corrected chi connectivity index (χ4v) is 3.48. The second kappa shape index (κ2) is 9.81. The van der Waals surface area contributed by atoms with E-state index >= 15 is 0 Å². The Hall–Kier alpha value is -2.79. The molecule has 1 aromatic heterocycles. The van der Waals surface area contributed by atoms with E-state index in [2.05, 4.69) is 46.0 Å². The number of hydrogen-bond acceptors (Lipinski definition) is 3. The summed E-state index contributed by atoms with van der Waals surface area (Å²) < 4.78 is 0.980. The van der Waals surface area contributed by atoms with E-state index in [0.29, 0.717) is 11.5 Å². The van der Waals surface area contributed by atoms with Gasteiger partial charge in [-0.1, -0.05) is 70.6 Å². The minimum Gasteiger partial charge on any atom is -0.309 e. The highest BCUT2D eigenvalue weighted by atomic mass is 79.9. The van der Waals surface area contributed by atoms with Crippen LogP contribution in [-0.4, -0.2) is 15.9 Å². The first-order valence-electron chi connectivity index (χ1n) is 9.96. The van der Waals surface area contributed by atoms with E-state index in [1.165, 1.54) is 5.56 Å². The number of nitrogens with one attached hydrogen (secondary N) is 1. The van der Waals surface area contributed by atoms with Gasteiger partial charge in [-0.15, -0.1) is 0 Å². The number of carbonyl (C=O) groups excluding carboxylic acids is 1. The molecule has 1 aromatic carbocycles. The monoisotopic (exact) mass is 463 g/mol. The van der Waals surface area contributed by atoms with E-state index in [-0.39, 0.29) is 12.3 Å². The van der Waals surface area contributed by atoms with Crippen LogP contribution in [0.5, 0.6) is 0 Å². The molecular weight excluding hydrogens is 438 g/mol. The summed E-state index contributed by atoms with van der Waals surface area (Å²) in [5, 5.41) is 2.96. The number of fused-ring (bicyclic) bond motifs is 3. The van der Waals surface area contributed by atoms with Crippen molar-refractivity contribution >= 4 is 33.7 Å². The quantitative estimate of drug-likeness (QED) is 0.503. The summed E-state index contributed by atoms with van der Waals surface area (Å²) >= 11 is 3.39. The second-order valence-electron chi connectivity index (χ2n) is 7.56. The minimum absolute atomic E-state index is 0.143. The molecule has 1 aliphatic rings. The van der Waals surface area contributed by atoms with Gasteiger partial charge in [-0.2, -0.15) is 0 Å². The summed E-state index contributed by atoms with van der Waals surface area (Å²) in [5.74, 6) is 0.366. The summed E-state index contributed by atoms with van der Waals surface area (Å²) in [6.07, 6.45) is 9.38. The second-order valence-corrected chi connectivity index (χ2v) is 8.81.